The van der Waals surface area contributed by atoms with Crippen LogP contribution in [0.1, 0.15) is 16.7 Å². The first-order valence-electron chi connectivity index (χ1n) is 8.67. The molecule has 11 heteroatoms. The smallest absolute Gasteiger partial charge is 0.324 e. The topological polar surface area (TPSA) is 69.7 Å². The van der Waals surface area contributed by atoms with Gasteiger partial charge in [-0.15, -0.1) is 0 Å². The molecule has 2 aromatic carbocycles. The molecule has 0 fully saturated rings. The highest BCUT2D eigenvalue weighted by Crippen LogP contribution is 2.36. The van der Waals surface area contributed by atoms with E-state index in [0.29, 0.717) is 17.3 Å². The first-order chi connectivity index (χ1) is 13.7. The van der Waals surface area contributed by atoms with Gasteiger partial charge in [0, 0.05) is 19.8 Å². The van der Waals surface area contributed by atoms with Gasteiger partial charge in [0.25, 0.3) is 0 Å². The Balaban J connectivity index is 2.38. The molecule has 1 N–H and O–H groups in total. The van der Waals surface area contributed by atoms with Crippen LogP contribution < -0.4 is 9.62 Å². The third-order valence-corrected chi connectivity index (χ3v) is 6.35. The van der Waals surface area contributed by atoms with Crippen molar-refractivity contribution in [2.24, 2.45) is 0 Å². The second kappa shape index (κ2) is 8.83. The highest BCUT2D eigenvalue weighted by Gasteiger charge is 2.34. The Morgan fingerprint density at radius 2 is 1.73 bits per heavy atom. The molecule has 1 amide bonds. The number of anilines is 2. The lowest BCUT2D eigenvalue weighted by atomic mass is 10.1. The first kappa shape index (κ1) is 24.0. The van der Waals surface area contributed by atoms with E-state index >= 15 is 0 Å². The molecule has 0 unspecified atom stereocenters. The van der Waals surface area contributed by atoms with Crippen LogP contribution in [0.15, 0.2) is 36.4 Å². The fourth-order valence-corrected chi connectivity index (χ4v) is 3.97. The van der Waals surface area contributed by atoms with Gasteiger partial charge in [-0.05, 0) is 49.2 Å². The van der Waals surface area contributed by atoms with E-state index in [4.69, 9.17) is 11.6 Å². The lowest BCUT2D eigenvalue weighted by Crippen LogP contribution is -2.44. The molecule has 0 aliphatic rings. The summed E-state index contributed by atoms with van der Waals surface area (Å²) >= 11 is 5.58. The van der Waals surface area contributed by atoms with Gasteiger partial charge in [0.1, 0.15) is 6.54 Å². The highest BCUT2D eigenvalue weighted by atomic mass is 35.5. The van der Waals surface area contributed by atoms with E-state index in [2.05, 4.69) is 5.32 Å². The summed E-state index contributed by atoms with van der Waals surface area (Å²) in [6, 6.07) is 8.05. The number of hydrogen-bond donors (Lipinski definition) is 1. The largest absolute Gasteiger partial charge is 0.417 e. The molecule has 0 spiro atoms. The predicted octanol–water partition coefficient (Wildman–Crippen LogP) is 4.23. The number of carbonyl (C=O) groups is 1. The van der Waals surface area contributed by atoms with Gasteiger partial charge < -0.3 is 5.32 Å². The van der Waals surface area contributed by atoms with Crippen LogP contribution in [-0.4, -0.2) is 39.3 Å². The quantitative estimate of drug-likeness (QED) is 0.697. The number of nitrogens with one attached hydrogen (secondary N) is 1. The zero-order valence-electron chi connectivity index (χ0n) is 16.7. The number of halogens is 4. The third-order valence-electron chi connectivity index (χ3n) is 4.22. The third kappa shape index (κ3) is 5.44. The van der Waals surface area contributed by atoms with Gasteiger partial charge in [0.05, 0.1) is 16.3 Å². The lowest BCUT2D eigenvalue weighted by molar-refractivity contribution is -0.137. The SMILES string of the molecule is Cc1ccc(C)c(N(CC(=O)Nc2ccc(Cl)c(C(F)(F)F)c2)S(=O)(=O)N(C)C)c1. The van der Waals surface area contributed by atoms with E-state index < -0.39 is 39.4 Å². The number of hydrogen-bond acceptors (Lipinski definition) is 3. The molecule has 0 saturated heterocycles. The van der Waals surface area contributed by atoms with Gasteiger partial charge in [0.15, 0.2) is 0 Å². The van der Waals surface area contributed by atoms with Crippen molar-refractivity contribution in [1.82, 2.24) is 4.31 Å². The molecule has 2 aromatic rings. The minimum Gasteiger partial charge on any atom is -0.324 e. The van der Waals surface area contributed by atoms with E-state index in [-0.39, 0.29) is 5.69 Å². The van der Waals surface area contributed by atoms with Crippen molar-refractivity contribution in [1.29, 1.82) is 0 Å². The average Bonchev–Trinajstić information content (AvgIpc) is 2.62. The van der Waals surface area contributed by atoms with Gasteiger partial charge in [-0.25, -0.2) is 4.31 Å². The van der Waals surface area contributed by atoms with E-state index in [1.54, 1.807) is 32.0 Å². The normalized spacial score (nSPS) is 12.2. The van der Waals surface area contributed by atoms with Crippen molar-refractivity contribution in [2.75, 3.05) is 30.3 Å². The molecule has 6 nitrogen and oxygen atoms in total. The molecule has 0 atom stereocenters. The van der Waals surface area contributed by atoms with E-state index in [0.717, 1.165) is 20.2 Å². The zero-order chi connectivity index (χ0) is 22.9. The van der Waals surface area contributed by atoms with Crippen molar-refractivity contribution in [3.05, 3.63) is 58.1 Å². The fraction of sp³-hybridized carbons (Fsp3) is 0.316. The summed E-state index contributed by atoms with van der Waals surface area (Å²) in [4.78, 5) is 12.6. The number of aryl methyl sites for hydroxylation is 2. The molecule has 164 valence electrons. The number of alkyl halides is 3. The Kier molecular flexibility index (Phi) is 7.05. The molecule has 2 rings (SSSR count). The van der Waals surface area contributed by atoms with Crippen LogP contribution in [0.5, 0.6) is 0 Å². The number of carbonyl (C=O) groups excluding carboxylic acids is 1. The Morgan fingerprint density at radius 3 is 2.30 bits per heavy atom. The summed E-state index contributed by atoms with van der Waals surface area (Å²) in [5.41, 5.74) is 0.437. The molecule has 0 radical (unpaired) electrons. The molecule has 0 aromatic heterocycles. The second-order valence-electron chi connectivity index (χ2n) is 6.83. The summed E-state index contributed by atoms with van der Waals surface area (Å²) in [7, 11) is -1.41. The predicted molar refractivity (Wildman–Crippen MR) is 111 cm³/mol. The number of benzene rings is 2. The van der Waals surface area contributed by atoms with Crippen LogP contribution in [0.4, 0.5) is 24.5 Å². The Hall–Kier alpha value is -2.30. The monoisotopic (exact) mass is 463 g/mol. The van der Waals surface area contributed by atoms with Crippen LogP contribution in [0, 0.1) is 13.8 Å². The summed E-state index contributed by atoms with van der Waals surface area (Å²) in [5, 5.41) is 1.80. The Morgan fingerprint density at radius 1 is 1.10 bits per heavy atom. The van der Waals surface area contributed by atoms with Crippen molar-refractivity contribution in [3.63, 3.8) is 0 Å². The maximum atomic E-state index is 13.0. The highest BCUT2D eigenvalue weighted by molar-refractivity contribution is 7.90. The van der Waals surface area contributed by atoms with E-state index in [1.807, 2.05) is 0 Å². The van der Waals surface area contributed by atoms with Crippen molar-refractivity contribution < 1.29 is 26.4 Å². The summed E-state index contributed by atoms with van der Waals surface area (Å²) < 4.78 is 66.6. The van der Waals surface area contributed by atoms with Gasteiger partial charge in [-0.1, -0.05) is 23.7 Å². The van der Waals surface area contributed by atoms with Crippen LogP contribution in [0.25, 0.3) is 0 Å². The number of rotatable bonds is 6. The minimum atomic E-state index is -4.70. The van der Waals surface area contributed by atoms with Crippen molar-refractivity contribution in [3.8, 4) is 0 Å². The van der Waals surface area contributed by atoms with Crippen molar-refractivity contribution in [2.45, 2.75) is 20.0 Å². The van der Waals surface area contributed by atoms with Gasteiger partial charge in [-0.2, -0.15) is 25.9 Å². The van der Waals surface area contributed by atoms with E-state index in [9.17, 15) is 26.4 Å². The molecule has 0 bridgehead atoms. The molecule has 0 aliphatic heterocycles. The fourth-order valence-electron chi connectivity index (χ4n) is 2.63. The zero-order valence-corrected chi connectivity index (χ0v) is 18.3. The summed E-state index contributed by atoms with van der Waals surface area (Å²) in [6.45, 7) is 2.84. The van der Waals surface area contributed by atoms with Crippen LogP contribution in [-0.2, 0) is 21.2 Å². The Bertz CT molecular complexity index is 1060. The second-order valence-corrected chi connectivity index (χ2v) is 9.30. The molecule has 0 heterocycles. The number of amides is 1. The summed E-state index contributed by atoms with van der Waals surface area (Å²) in [6.07, 6.45) is -4.70. The molecule has 0 aliphatic carbocycles. The minimum absolute atomic E-state index is 0.153. The first-order valence-corrected chi connectivity index (χ1v) is 10.4. The average molecular weight is 464 g/mol. The lowest BCUT2D eigenvalue weighted by Gasteiger charge is -2.28. The van der Waals surface area contributed by atoms with Crippen LogP contribution >= 0.6 is 11.6 Å². The summed E-state index contributed by atoms with van der Waals surface area (Å²) in [5.74, 6) is -0.809. The standard InChI is InChI=1S/C19H21ClF3N3O3S/c1-12-5-6-13(2)17(9-12)26(30(28,29)25(3)4)11-18(27)24-14-7-8-16(20)15(10-14)19(21,22)23/h5-10H,11H2,1-4H3,(H,24,27). The Labute approximate surface area is 178 Å². The maximum Gasteiger partial charge on any atom is 0.417 e. The van der Waals surface area contributed by atoms with Gasteiger partial charge in [0.2, 0.25) is 5.91 Å². The molecule has 0 saturated carbocycles. The van der Waals surface area contributed by atoms with E-state index in [1.165, 1.54) is 20.2 Å². The van der Waals surface area contributed by atoms with Gasteiger partial charge >= 0.3 is 16.4 Å². The maximum absolute atomic E-state index is 13.0. The van der Waals surface area contributed by atoms with Crippen LogP contribution in [0.3, 0.4) is 0 Å². The van der Waals surface area contributed by atoms with Crippen LogP contribution in [0.2, 0.25) is 5.02 Å². The van der Waals surface area contributed by atoms with Crippen molar-refractivity contribution >= 4 is 39.1 Å². The number of nitrogens with zero attached hydrogens (tertiary/aromatic N) is 2. The van der Waals surface area contributed by atoms with Gasteiger partial charge in [-0.3, -0.25) is 4.79 Å². The molecular weight excluding hydrogens is 443 g/mol. The molecule has 30 heavy (non-hydrogen) atoms. The molecular formula is C19H21ClF3N3O3S.